The zero-order valence-corrected chi connectivity index (χ0v) is 12.1. The predicted molar refractivity (Wildman–Crippen MR) is 75.4 cm³/mol. The number of nitrogens with one attached hydrogen (secondary N) is 1. The van der Waals surface area contributed by atoms with Crippen LogP contribution >= 0.6 is 15.9 Å². The van der Waals surface area contributed by atoms with Crippen molar-refractivity contribution in [2.45, 2.75) is 12.6 Å². The van der Waals surface area contributed by atoms with Gasteiger partial charge in [-0.1, -0.05) is 0 Å². The van der Waals surface area contributed by atoms with Crippen molar-refractivity contribution in [2.24, 2.45) is 0 Å². The fourth-order valence-electron chi connectivity index (χ4n) is 2.68. The van der Waals surface area contributed by atoms with Crippen molar-refractivity contribution >= 4 is 15.9 Å². The Hall–Kier alpha value is -0.490. The number of hydrogen-bond acceptors (Lipinski definition) is 4. The van der Waals surface area contributed by atoms with Gasteiger partial charge in [-0.05, 0) is 28.1 Å². The second-order valence-electron chi connectivity index (χ2n) is 5.10. The number of hydrogen-bond donors (Lipinski definition) is 1. The van der Waals surface area contributed by atoms with E-state index in [4.69, 9.17) is 0 Å². The number of piperazine rings is 1. The van der Waals surface area contributed by atoms with E-state index in [9.17, 15) is 0 Å². The minimum absolute atomic E-state index is 0.766. The zero-order valence-electron chi connectivity index (χ0n) is 10.5. The van der Waals surface area contributed by atoms with Crippen molar-refractivity contribution < 1.29 is 0 Å². The van der Waals surface area contributed by atoms with Crippen LogP contribution in [0.3, 0.4) is 0 Å². The summed E-state index contributed by atoms with van der Waals surface area (Å²) in [5, 5.41) is 3.40. The molecule has 2 saturated heterocycles. The standard InChI is InChI=1S/C13H19BrN4/c14-11-1-2-12(16-7-11)8-17-9-13(10-17)18-5-3-15-4-6-18/h1-2,7,13,15H,3-6,8-10H2. The number of rotatable bonds is 3. The molecular weight excluding hydrogens is 292 g/mol. The number of pyridine rings is 1. The first-order valence-corrected chi connectivity index (χ1v) is 7.38. The van der Waals surface area contributed by atoms with E-state index in [1.54, 1.807) is 0 Å². The van der Waals surface area contributed by atoms with E-state index in [1.165, 1.54) is 26.2 Å². The van der Waals surface area contributed by atoms with Crippen LogP contribution in [0.5, 0.6) is 0 Å². The normalized spacial score (nSPS) is 22.9. The molecule has 2 aliphatic heterocycles. The molecule has 0 amide bonds. The maximum absolute atomic E-state index is 4.43. The Morgan fingerprint density at radius 3 is 2.72 bits per heavy atom. The zero-order chi connectivity index (χ0) is 12.4. The Labute approximate surface area is 116 Å². The van der Waals surface area contributed by atoms with Gasteiger partial charge in [0.15, 0.2) is 0 Å². The van der Waals surface area contributed by atoms with E-state index in [2.05, 4.69) is 48.2 Å². The summed E-state index contributed by atoms with van der Waals surface area (Å²) >= 11 is 3.42. The maximum atomic E-state index is 4.43. The van der Waals surface area contributed by atoms with Crippen molar-refractivity contribution in [1.82, 2.24) is 20.1 Å². The van der Waals surface area contributed by atoms with Crippen LogP contribution in [0.15, 0.2) is 22.8 Å². The Morgan fingerprint density at radius 1 is 1.28 bits per heavy atom. The van der Waals surface area contributed by atoms with Gasteiger partial charge in [-0.2, -0.15) is 0 Å². The summed E-state index contributed by atoms with van der Waals surface area (Å²) in [4.78, 5) is 9.51. The summed E-state index contributed by atoms with van der Waals surface area (Å²) in [5.41, 5.74) is 1.16. The van der Waals surface area contributed by atoms with Crippen LogP contribution in [0, 0.1) is 0 Å². The number of likely N-dealkylation sites (tertiary alicyclic amines) is 1. The molecule has 0 radical (unpaired) electrons. The first kappa shape index (κ1) is 12.5. The van der Waals surface area contributed by atoms with Gasteiger partial charge in [-0.25, -0.2) is 0 Å². The first-order valence-electron chi connectivity index (χ1n) is 6.59. The Kier molecular flexibility index (Phi) is 3.94. The van der Waals surface area contributed by atoms with Gasteiger partial charge in [0.2, 0.25) is 0 Å². The van der Waals surface area contributed by atoms with Gasteiger partial charge < -0.3 is 5.32 Å². The van der Waals surface area contributed by atoms with E-state index < -0.39 is 0 Å². The van der Waals surface area contributed by atoms with Crippen molar-refractivity contribution in [1.29, 1.82) is 0 Å². The molecule has 0 bridgehead atoms. The van der Waals surface area contributed by atoms with E-state index in [0.717, 1.165) is 35.8 Å². The molecule has 2 fully saturated rings. The highest BCUT2D eigenvalue weighted by atomic mass is 79.9. The van der Waals surface area contributed by atoms with Crippen molar-refractivity contribution in [2.75, 3.05) is 39.3 Å². The van der Waals surface area contributed by atoms with Crippen molar-refractivity contribution in [3.8, 4) is 0 Å². The highest BCUT2D eigenvalue weighted by Gasteiger charge is 2.32. The van der Waals surface area contributed by atoms with Crippen LogP contribution in [0.2, 0.25) is 0 Å². The molecule has 0 saturated carbocycles. The van der Waals surface area contributed by atoms with Crippen LogP contribution in [0.4, 0.5) is 0 Å². The molecule has 4 nitrogen and oxygen atoms in total. The smallest absolute Gasteiger partial charge is 0.0544 e. The monoisotopic (exact) mass is 310 g/mol. The molecule has 5 heteroatoms. The molecule has 1 aromatic heterocycles. The molecule has 1 N–H and O–H groups in total. The molecule has 98 valence electrons. The van der Waals surface area contributed by atoms with Crippen LogP contribution in [0.25, 0.3) is 0 Å². The summed E-state index contributed by atoms with van der Waals surface area (Å²) in [7, 11) is 0. The lowest BCUT2D eigenvalue weighted by atomic mass is 10.1. The van der Waals surface area contributed by atoms with E-state index >= 15 is 0 Å². The topological polar surface area (TPSA) is 31.4 Å². The van der Waals surface area contributed by atoms with E-state index in [0.29, 0.717) is 0 Å². The third-order valence-electron chi connectivity index (χ3n) is 3.78. The number of halogens is 1. The third-order valence-corrected chi connectivity index (χ3v) is 4.25. The predicted octanol–water partition coefficient (Wildman–Crippen LogP) is 0.933. The Morgan fingerprint density at radius 2 is 2.06 bits per heavy atom. The summed E-state index contributed by atoms with van der Waals surface area (Å²) in [6.45, 7) is 8.06. The van der Waals surface area contributed by atoms with Gasteiger partial charge in [0, 0.05) is 62.5 Å². The van der Waals surface area contributed by atoms with Crippen molar-refractivity contribution in [3.05, 3.63) is 28.5 Å². The Balaban J connectivity index is 1.46. The van der Waals surface area contributed by atoms with Crippen molar-refractivity contribution in [3.63, 3.8) is 0 Å². The highest BCUT2D eigenvalue weighted by molar-refractivity contribution is 9.10. The lowest BCUT2D eigenvalue weighted by Crippen LogP contribution is -2.62. The second kappa shape index (κ2) is 5.65. The minimum atomic E-state index is 0.766. The molecule has 3 rings (SSSR count). The lowest BCUT2D eigenvalue weighted by Gasteiger charge is -2.46. The van der Waals surface area contributed by atoms with Crippen LogP contribution in [-0.4, -0.2) is 60.1 Å². The van der Waals surface area contributed by atoms with Gasteiger partial charge in [-0.15, -0.1) is 0 Å². The molecule has 0 aromatic carbocycles. The van der Waals surface area contributed by atoms with Gasteiger partial charge in [0.25, 0.3) is 0 Å². The first-order chi connectivity index (χ1) is 8.81. The molecule has 3 heterocycles. The molecule has 18 heavy (non-hydrogen) atoms. The van der Waals surface area contributed by atoms with Crippen LogP contribution in [-0.2, 0) is 6.54 Å². The Bertz CT molecular complexity index is 382. The molecule has 0 unspecified atom stereocenters. The minimum Gasteiger partial charge on any atom is -0.314 e. The summed E-state index contributed by atoms with van der Waals surface area (Å²) in [6.07, 6.45) is 1.88. The molecule has 1 aromatic rings. The molecule has 2 aliphatic rings. The van der Waals surface area contributed by atoms with Crippen LogP contribution < -0.4 is 5.32 Å². The fourth-order valence-corrected chi connectivity index (χ4v) is 2.91. The molecule has 0 aliphatic carbocycles. The summed E-state index contributed by atoms with van der Waals surface area (Å²) in [5.74, 6) is 0. The third kappa shape index (κ3) is 2.91. The van der Waals surface area contributed by atoms with Gasteiger partial charge >= 0.3 is 0 Å². The highest BCUT2D eigenvalue weighted by Crippen LogP contribution is 2.18. The average molecular weight is 311 g/mol. The average Bonchev–Trinajstić information content (AvgIpc) is 2.36. The summed E-state index contributed by atoms with van der Waals surface area (Å²) in [6, 6.07) is 4.93. The molecular formula is C13H19BrN4. The lowest BCUT2D eigenvalue weighted by molar-refractivity contribution is 0.0216. The number of aromatic nitrogens is 1. The second-order valence-corrected chi connectivity index (χ2v) is 6.02. The van der Waals surface area contributed by atoms with Gasteiger partial charge in [0.05, 0.1) is 5.69 Å². The van der Waals surface area contributed by atoms with Gasteiger partial charge in [-0.3, -0.25) is 14.8 Å². The van der Waals surface area contributed by atoms with Crippen LogP contribution in [0.1, 0.15) is 5.69 Å². The molecule has 0 atom stereocenters. The SMILES string of the molecule is Brc1ccc(CN2CC(N3CCNCC3)C2)nc1. The molecule has 0 spiro atoms. The van der Waals surface area contributed by atoms with E-state index in [1.807, 2.05) is 6.20 Å². The van der Waals surface area contributed by atoms with E-state index in [-0.39, 0.29) is 0 Å². The quantitative estimate of drug-likeness (QED) is 0.900. The van der Waals surface area contributed by atoms with Gasteiger partial charge in [0.1, 0.15) is 0 Å². The fraction of sp³-hybridized carbons (Fsp3) is 0.615. The largest absolute Gasteiger partial charge is 0.314 e. The maximum Gasteiger partial charge on any atom is 0.0544 e. The number of nitrogens with zero attached hydrogens (tertiary/aromatic N) is 3. The summed E-state index contributed by atoms with van der Waals surface area (Å²) < 4.78 is 1.05.